The molecule has 24 heavy (non-hydrogen) atoms. The van der Waals surface area contributed by atoms with Gasteiger partial charge in [-0.2, -0.15) is 0 Å². The van der Waals surface area contributed by atoms with E-state index in [0.717, 1.165) is 0 Å². The fourth-order valence-electron chi connectivity index (χ4n) is 2.51. The summed E-state index contributed by atoms with van der Waals surface area (Å²) in [5.74, 6) is -1.30. The van der Waals surface area contributed by atoms with Crippen molar-refractivity contribution in [1.82, 2.24) is 4.98 Å². The number of aromatic amines is 1. The standard InChI is InChI=1S/C16H8ClFN4O2/c17-7-1-3-11-9(5-7)13(15(23)19-11)21-22-14-10-6-8(18)2-4-12(10)20-16(14)24/h1-6,20,24H. The number of aromatic nitrogens is 1. The molecule has 8 heteroatoms. The van der Waals surface area contributed by atoms with E-state index in [1.807, 2.05) is 0 Å². The minimum atomic E-state index is -0.554. The van der Waals surface area contributed by atoms with E-state index in [4.69, 9.17) is 11.6 Å². The second-order valence-electron chi connectivity index (χ2n) is 5.14. The number of fused-ring (bicyclic) bond motifs is 2. The molecular formula is C16H8ClFN4O2. The number of amides is 1. The zero-order valence-corrected chi connectivity index (χ0v) is 12.7. The first kappa shape index (κ1) is 14.5. The Balaban J connectivity index is 1.89. The lowest BCUT2D eigenvalue weighted by atomic mass is 10.2. The summed E-state index contributed by atoms with van der Waals surface area (Å²) in [7, 11) is 0. The molecule has 118 valence electrons. The van der Waals surface area contributed by atoms with Gasteiger partial charge in [0.25, 0.3) is 5.91 Å². The van der Waals surface area contributed by atoms with Crippen molar-refractivity contribution in [3.05, 3.63) is 57.8 Å². The predicted octanol–water partition coefficient (Wildman–Crippen LogP) is 2.72. The molecule has 6 nitrogen and oxygen atoms in total. The summed E-state index contributed by atoms with van der Waals surface area (Å²) in [6, 6.07) is 8.74. The molecule has 2 N–H and O–H groups in total. The normalized spacial score (nSPS) is 13.8. The lowest BCUT2D eigenvalue weighted by Gasteiger charge is -1.93. The molecular weight excluding hydrogens is 335 g/mol. The van der Waals surface area contributed by atoms with Crippen LogP contribution in [-0.2, 0) is 4.79 Å². The van der Waals surface area contributed by atoms with Crippen LogP contribution in [0.5, 0.6) is 5.88 Å². The van der Waals surface area contributed by atoms with Gasteiger partial charge >= 0.3 is 0 Å². The minimum Gasteiger partial charge on any atom is -0.493 e. The Morgan fingerprint density at radius 2 is 2.00 bits per heavy atom. The maximum absolute atomic E-state index is 13.4. The summed E-state index contributed by atoms with van der Waals surface area (Å²) < 4.78 is 13.4. The summed E-state index contributed by atoms with van der Waals surface area (Å²) in [5, 5.41) is 19.5. The van der Waals surface area contributed by atoms with E-state index < -0.39 is 11.7 Å². The summed E-state index contributed by atoms with van der Waals surface area (Å²) >= 11 is 5.93. The van der Waals surface area contributed by atoms with Crippen molar-refractivity contribution < 1.29 is 14.3 Å². The molecule has 0 unspecified atom stereocenters. The van der Waals surface area contributed by atoms with E-state index in [0.29, 0.717) is 26.5 Å². The third kappa shape index (κ3) is 2.26. The van der Waals surface area contributed by atoms with Crippen LogP contribution in [0.4, 0.5) is 10.1 Å². The number of halogens is 2. The molecule has 1 aromatic heterocycles. The van der Waals surface area contributed by atoms with E-state index in [9.17, 15) is 14.3 Å². The van der Waals surface area contributed by atoms with Gasteiger partial charge in [-0.25, -0.2) is 9.38 Å². The highest BCUT2D eigenvalue weighted by Gasteiger charge is 2.17. The first-order valence-electron chi connectivity index (χ1n) is 6.88. The maximum Gasteiger partial charge on any atom is 0.298 e. The molecule has 1 amide bonds. The third-order valence-corrected chi connectivity index (χ3v) is 3.84. The quantitative estimate of drug-likeness (QED) is 0.701. The average molecular weight is 343 g/mol. The monoisotopic (exact) mass is 342 g/mol. The number of rotatable bonds is 2. The van der Waals surface area contributed by atoms with Gasteiger partial charge in [0, 0.05) is 15.6 Å². The summed E-state index contributed by atoms with van der Waals surface area (Å²) in [4.78, 5) is 18.5. The lowest BCUT2D eigenvalue weighted by molar-refractivity contribution is -0.112. The minimum absolute atomic E-state index is 0.0117. The van der Waals surface area contributed by atoms with Gasteiger partial charge in [-0.15, -0.1) is 10.2 Å². The zero-order valence-electron chi connectivity index (χ0n) is 11.9. The first-order valence-corrected chi connectivity index (χ1v) is 7.25. The largest absolute Gasteiger partial charge is 0.493 e. The van der Waals surface area contributed by atoms with Gasteiger partial charge in [-0.3, -0.25) is 4.79 Å². The van der Waals surface area contributed by atoms with Crippen LogP contribution >= 0.6 is 11.6 Å². The number of H-pyrrole nitrogens is 1. The van der Waals surface area contributed by atoms with Gasteiger partial charge in [0.2, 0.25) is 5.88 Å². The van der Waals surface area contributed by atoms with Gasteiger partial charge in [-0.1, -0.05) is 11.6 Å². The Kier molecular flexibility index (Phi) is 3.17. The van der Waals surface area contributed by atoms with Crippen molar-refractivity contribution >= 4 is 39.8 Å². The van der Waals surface area contributed by atoms with Crippen LogP contribution in [0.15, 0.2) is 51.6 Å². The van der Waals surface area contributed by atoms with E-state index in [1.54, 1.807) is 18.2 Å². The number of aromatic hydroxyl groups is 1. The van der Waals surface area contributed by atoms with Gasteiger partial charge in [0.15, 0.2) is 11.4 Å². The molecule has 3 aromatic rings. The predicted molar refractivity (Wildman–Crippen MR) is 85.1 cm³/mol. The summed E-state index contributed by atoms with van der Waals surface area (Å²) in [6.07, 6.45) is 0. The fourth-order valence-corrected chi connectivity index (χ4v) is 2.68. The number of hydrogen-bond acceptors (Lipinski definition) is 4. The second-order valence-corrected chi connectivity index (χ2v) is 5.58. The summed E-state index contributed by atoms with van der Waals surface area (Å²) in [5.41, 5.74) is 0.552. The highest BCUT2D eigenvalue weighted by atomic mass is 35.5. The highest BCUT2D eigenvalue weighted by molar-refractivity contribution is 6.30. The van der Waals surface area contributed by atoms with Crippen LogP contribution in [0.3, 0.4) is 0 Å². The van der Waals surface area contributed by atoms with Crippen molar-refractivity contribution in [2.75, 3.05) is 0 Å². The molecule has 1 aliphatic heterocycles. The number of azo groups is 1. The zero-order chi connectivity index (χ0) is 16.8. The number of nitrogens with one attached hydrogen (secondary N) is 1. The molecule has 0 aliphatic carbocycles. The van der Waals surface area contributed by atoms with Gasteiger partial charge < -0.3 is 10.1 Å². The Hall–Kier alpha value is -3.06. The van der Waals surface area contributed by atoms with E-state index in [-0.39, 0.29) is 17.3 Å². The van der Waals surface area contributed by atoms with Crippen LogP contribution in [0.25, 0.3) is 16.6 Å². The highest BCUT2D eigenvalue weighted by Crippen LogP contribution is 2.36. The average Bonchev–Trinajstić information content (AvgIpc) is 3.01. The van der Waals surface area contributed by atoms with Crippen molar-refractivity contribution in [2.45, 2.75) is 0 Å². The fraction of sp³-hybridized carbons (Fsp3) is 0. The molecule has 0 fully saturated rings. The van der Waals surface area contributed by atoms with Crippen LogP contribution in [0, 0.1) is 5.82 Å². The maximum atomic E-state index is 13.4. The smallest absolute Gasteiger partial charge is 0.298 e. The number of nitrogens with zero attached hydrogens (tertiary/aromatic N) is 3. The van der Waals surface area contributed by atoms with E-state index in [2.05, 4.69) is 20.2 Å². The number of carbonyl (C=O) groups is 1. The van der Waals surface area contributed by atoms with Crippen molar-refractivity contribution in [2.24, 2.45) is 15.2 Å². The second kappa shape index (κ2) is 5.24. The molecule has 0 atom stereocenters. The SMILES string of the molecule is O=C1N=c2ccc(Cl)cc2=C1N=Nc1c(O)[nH]c2ccc(F)cc12. The molecule has 0 radical (unpaired) electrons. The van der Waals surface area contributed by atoms with E-state index in [1.165, 1.54) is 18.2 Å². The number of hydrogen-bond donors (Lipinski definition) is 2. The van der Waals surface area contributed by atoms with Crippen molar-refractivity contribution in [3.8, 4) is 5.88 Å². The van der Waals surface area contributed by atoms with Gasteiger partial charge in [0.1, 0.15) is 5.82 Å². The number of benzene rings is 2. The lowest BCUT2D eigenvalue weighted by Crippen LogP contribution is -2.22. The topological polar surface area (TPSA) is 90.2 Å². The molecule has 0 saturated carbocycles. The van der Waals surface area contributed by atoms with Crippen LogP contribution in [-0.4, -0.2) is 16.0 Å². The molecule has 0 bridgehead atoms. The molecule has 2 aromatic carbocycles. The molecule has 1 aliphatic rings. The van der Waals surface area contributed by atoms with Crippen LogP contribution in [0.2, 0.25) is 5.02 Å². The Labute approximate surface area is 138 Å². The Bertz CT molecular complexity index is 1170. The van der Waals surface area contributed by atoms with Gasteiger partial charge in [0.05, 0.1) is 10.9 Å². The molecule has 4 rings (SSSR count). The van der Waals surface area contributed by atoms with Crippen molar-refractivity contribution in [1.29, 1.82) is 0 Å². The molecule has 0 saturated heterocycles. The third-order valence-electron chi connectivity index (χ3n) is 3.60. The van der Waals surface area contributed by atoms with E-state index >= 15 is 0 Å². The van der Waals surface area contributed by atoms with Crippen LogP contribution < -0.4 is 10.6 Å². The number of carbonyl (C=O) groups excluding carboxylic acids is 1. The Morgan fingerprint density at radius 1 is 1.17 bits per heavy atom. The molecule has 0 spiro atoms. The van der Waals surface area contributed by atoms with Crippen molar-refractivity contribution in [3.63, 3.8) is 0 Å². The Morgan fingerprint density at radius 3 is 2.83 bits per heavy atom. The summed E-state index contributed by atoms with van der Waals surface area (Å²) in [6.45, 7) is 0. The molecule has 2 heterocycles. The first-order chi connectivity index (χ1) is 11.5. The van der Waals surface area contributed by atoms with Gasteiger partial charge in [-0.05, 0) is 36.4 Å². The van der Waals surface area contributed by atoms with Crippen LogP contribution in [0.1, 0.15) is 0 Å².